The van der Waals surface area contributed by atoms with E-state index in [9.17, 15) is 4.79 Å². The summed E-state index contributed by atoms with van der Waals surface area (Å²) in [4.78, 5) is 16.3. The summed E-state index contributed by atoms with van der Waals surface area (Å²) in [5.41, 5.74) is 2.04. The van der Waals surface area contributed by atoms with Crippen molar-refractivity contribution in [2.75, 3.05) is 11.9 Å². The number of carbonyl (C=O) groups excluding carboxylic acids is 1. The molecule has 1 atom stereocenters. The van der Waals surface area contributed by atoms with Gasteiger partial charge in [0.05, 0.1) is 6.04 Å². The Labute approximate surface area is 102 Å². The van der Waals surface area contributed by atoms with Crippen LogP contribution in [0, 0.1) is 13.8 Å². The van der Waals surface area contributed by atoms with Crippen LogP contribution in [0.5, 0.6) is 0 Å². The first-order valence-corrected chi connectivity index (χ1v) is 6.15. The highest BCUT2D eigenvalue weighted by Gasteiger charge is 2.20. The first-order chi connectivity index (χ1) is 8.15. The van der Waals surface area contributed by atoms with Gasteiger partial charge in [0.2, 0.25) is 5.91 Å². The zero-order valence-corrected chi connectivity index (χ0v) is 10.4. The molecule has 92 valence electrons. The monoisotopic (exact) mass is 233 g/mol. The number of anilines is 1. The van der Waals surface area contributed by atoms with Gasteiger partial charge in [-0.1, -0.05) is 6.42 Å². The number of nitrogens with one attached hydrogen (secondary N) is 2. The maximum atomic E-state index is 12.0. The first-order valence-electron chi connectivity index (χ1n) is 6.15. The second-order valence-corrected chi connectivity index (χ2v) is 4.66. The van der Waals surface area contributed by atoms with Crippen molar-refractivity contribution in [2.24, 2.45) is 0 Å². The SMILES string of the molecule is Cc1cc(C)nc(NC(=O)[C@@H]2CCCCN2)c1. The lowest BCUT2D eigenvalue weighted by molar-refractivity contribution is -0.118. The number of pyridine rings is 1. The molecule has 0 aromatic carbocycles. The Balaban J connectivity index is 2.01. The Bertz CT molecular complexity index is 391. The highest BCUT2D eigenvalue weighted by Crippen LogP contribution is 2.12. The van der Waals surface area contributed by atoms with Crippen molar-refractivity contribution < 1.29 is 4.79 Å². The molecule has 17 heavy (non-hydrogen) atoms. The fourth-order valence-corrected chi connectivity index (χ4v) is 2.19. The van der Waals surface area contributed by atoms with E-state index >= 15 is 0 Å². The van der Waals surface area contributed by atoms with Gasteiger partial charge in [0.25, 0.3) is 0 Å². The van der Waals surface area contributed by atoms with Crippen molar-refractivity contribution in [3.63, 3.8) is 0 Å². The van der Waals surface area contributed by atoms with Crippen LogP contribution < -0.4 is 10.6 Å². The minimum absolute atomic E-state index is 0.0298. The summed E-state index contributed by atoms with van der Waals surface area (Å²) in [7, 11) is 0. The fourth-order valence-electron chi connectivity index (χ4n) is 2.19. The van der Waals surface area contributed by atoms with E-state index in [1.54, 1.807) is 0 Å². The molecule has 1 amide bonds. The lowest BCUT2D eigenvalue weighted by atomic mass is 10.0. The number of aromatic nitrogens is 1. The van der Waals surface area contributed by atoms with E-state index in [4.69, 9.17) is 0 Å². The summed E-state index contributed by atoms with van der Waals surface area (Å²) in [6.45, 7) is 4.86. The molecule has 0 aliphatic carbocycles. The molecule has 2 heterocycles. The van der Waals surface area contributed by atoms with Gasteiger partial charge in [0, 0.05) is 5.69 Å². The Morgan fingerprint density at radius 2 is 2.24 bits per heavy atom. The van der Waals surface area contributed by atoms with Crippen LogP contribution in [0.25, 0.3) is 0 Å². The maximum absolute atomic E-state index is 12.0. The third kappa shape index (κ3) is 3.27. The number of aryl methyl sites for hydroxylation is 2. The topological polar surface area (TPSA) is 54.0 Å². The molecule has 0 bridgehead atoms. The lowest BCUT2D eigenvalue weighted by Gasteiger charge is -2.22. The van der Waals surface area contributed by atoms with E-state index in [0.717, 1.165) is 37.1 Å². The highest BCUT2D eigenvalue weighted by atomic mass is 16.2. The Morgan fingerprint density at radius 1 is 1.41 bits per heavy atom. The normalized spacial score (nSPS) is 20.0. The molecular formula is C13H19N3O. The van der Waals surface area contributed by atoms with E-state index in [0.29, 0.717) is 5.82 Å². The van der Waals surface area contributed by atoms with E-state index < -0.39 is 0 Å². The van der Waals surface area contributed by atoms with Gasteiger partial charge in [0.1, 0.15) is 5.82 Å². The Hall–Kier alpha value is -1.42. The van der Waals surface area contributed by atoms with Crippen LogP contribution in [0.4, 0.5) is 5.82 Å². The molecule has 0 radical (unpaired) electrons. The van der Waals surface area contributed by atoms with Gasteiger partial charge in [-0.15, -0.1) is 0 Å². The molecule has 1 aliphatic rings. The summed E-state index contributed by atoms with van der Waals surface area (Å²) in [6, 6.07) is 3.83. The quantitative estimate of drug-likeness (QED) is 0.818. The van der Waals surface area contributed by atoms with Crippen molar-refractivity contribution in [2.45, 2.75) is 39.2 Å². The van der Waals surface area contributed by atoms with Crippen LogP contribution >= 0.6 is 0 Å². The van der Waals surface area contributed by atoms with E-state index in [1.807, 2.05) is 26.0 Å². The van der Waals surface area contributed by atoms with Crippen LogP contribution in [-0.2, 0) is 4.79 Å². The summed E-state index contributed by atoms with van der Waals surface area (Å²) < 4.78 is 0. The number of carbonyl (C=O) groups is 1. The molecule has 4 nitrogen and oxygen atoms in total. The van der Waals surface area contributed by atoms with Crippen LogP contribution in [0.3, 0.4) is 0 Å². The average Bonchev–Trinajstić information content (AvgIpc) is 2.28. The second-order valence-electron chi connectivity index (χ2n) is 4.66. The minimum atomic E-state index is -0.0635. The molecule has 0 spiro atoms. The summed E-state index contributed by atoms with van der Waals surface area (Å²) in [5, 5.41) is 6.11. The van der Waals surface area contributed by atoms with Gasteiger partial charge in [-0.05, 0) is 50.9 Å². The zero-order chi connectivity index (χ0) is 12.3. The van der Waals surface area contributed by atoms with Gasteiger partial charge in [-0.25, -0.2) is 4.98 Å². The van der Waals surface area contributed by atoms with Crippen LogP contribution in [-0.4, -0.2) is 23.5 Å². The van der Waals surface area contributed by atoms with Crippen molar-refractivity contribution in [3.05, 3.63) is 23.4 Å². The molecule has 0 unspecified atom stereocenters. The van der Waals surface area contributed by atoms with Crippen molar-refractivity contribution >= 4 is 11.7 Å². The highest BCUT2D eigenvalue weighted by molar-refractivity contribution is 5.94. The van der Waals surface area contributed by atoms with Crippen LogP contribution in [0.1, 0.15) is 30.5 Å². The zero-order valence-electron chi connectivity index (χ0n) is 10.4. The van der Waals surface area contributed by atoms with E-state index in [-0.39, 0.29) is 11.9 Å². The number of piperidine rings is 1. The van der Waals surface area contributed by atoms with Gasteiger partial charge < -0.3 is 10.6 Å². The average molecular weight is 233 g/mol. The van der Waals surface area contributed by atoms with Crippen LogP contribution in [0.15, 0.2) is 12.1 Å². The maximum Gasteiger partial charge on any atom is 0.242 e. The number of hydrogen-bond acceptors (Lipinski definition) is 3. The lowest BCUT2D eigenvalue weighted by Crippen LogP contribution is -2.43. The summed E-state index contributed by atoms with van der Waals surface area (Å²) in [5.74, 6) is 0.682. The van der Waals surface area contributed by atoms with Gasteiger partial charge >= 0.3 is 0 Å². The Morgan fingerprint density at radius 3 is 2.88 bits per heavy atom. The standard InChI is InChI=1S/C13H19N3O/c1-9-7-10(2)15-12(8-9)16-13(17)11-5-3-4-6-14-11/h7-8,11,14H,3-6H2,1-2H3,(H,15,16,17)/t11-/m0/s1. The molecule has 4 heteroatoms. The number of amides is 1. The molecule has 1 fully saturated rings. The molecular weight excluding hydrogens is 214 g/mol. The van der Waals surface area contributed by atoms with Crippen LogP contribution in [0.2, 0.25) is 0 Å². The molecule has 1 aliphatic heterocycles. The van der Waals surface area contributed by atoms with Crippen molar-refractivity contribution in [3.8, 4) is 0 Å². The Kier molecular flexibility index (Phi) is 3.74. The molecule has 2 rings (SSSR count). The first kappa shape index (κ1) is 12.0. The number of rotatable bonds is 2. The third-order valence-corrected chi connectivity index (χ3v) is 2.98. The molecule has 1 aromatic heterocycles. The molecule has 1 saturated heterocycles. The van der Waals surface area contributed by atoms with Crippen molar-refractivity contribution in [1.29, 1.82) is 0 Å². The van der Waals surface area contributed by atoms with Crippen molar-refractivity contribution in [1.82, 2.24) is 10.3 Å². The molecule has 1 aromatic rings. The second kappa shape index (κ2) is 5.27. The molecule has 2 N–H and O–H groups in total. The largest absolute Gasteiger partial charge is 0.309 e. The van der Waals surface area contributed by atoms with E-state index in [2.05, 4.69) is 15.6 Å². The predicted molar refractivity (Wildman–Crippen MR) is 68.0 cm³/mol. The summed E-state index contributed by atoms with van der Waals surface area (Å²) >= 11 is 0. The third-order valence-electron chi connectivity index (χ3n) is 2.98. The summed E-state index contributed by atoms with van der Waals surface area (Å²) in [6.07, 6.45) is 3.19. The molecule has 0 saturated carbocycles. The van der Waals surface area contributed by atoms with Gasteiger partial charge in [0.15, 0.2) is 0 Å². The number of nitrogens with zero attached hydrogens (tertiary/aromatic N) is 1. The fraction of sp³-hybridized carbons (Fsp3) is 0.538. The predicted octanol–water partition coefficient (Wildman–Crippen LogP) is 1.78. The smallest absolute Gasteiger partial charge is 0.242 e. The minimum Gasteiger partial charge on any atom is -0.309 e. The van der Waals surface area contributed by atoms with E-state index in [1.165, 1.54) is 0 Å². The van der Waals surface area contributed by atoms with Gasteiger partial charge in [-0.3, -0.25) is 4.79 Å². The van der Waals surface area contributed by atoms with Gasteiger partial charge in [-0.2, -0.15) is 0 Å². The number of hydrogen-bond donors (Lipinski definition) is 2.